The van der Waals surface area contributed by atoms with Gasteiger partial charge in [-0.15, -0.1) is 0 Å². The summed E-state index contributed by atoms with van der Waals surface area (Å²) in [7, 11) is 0. The lowest BCUT2D eigenvalue weighted by Crippen LogP contribution is -2.51. The second-order valence-corrected chi connectivity index (χ2v) is 12.7. The van der Waals surface area contributed by atoms with Crippen LogP contribution in [-0.2, 0) is 14.2 Å². The summed E-state index contributed by atoms with van der Waals surface area (Å²) < 4.78 is 16.2. The summed E-state index contributed by atoms with van der Waals surface area (Å²) in [6, 6.07) is 0.918. The number of carbonyl (C=O) groups excluding carboxylic acids is 3. The lowest BCUT2D eigenvalue weighted by Gasteiger charge is -2.38. The van der Waals surface area contributed by atoms with Crippen LogP contribution in [0.5, 0.6) is 0 Å². The number of nitrogens with zero attached hydrogens (tertiary/aromatic N) is 4. The highest BCUT2D eigenvalue weighted by Gasteiger charge is 2.36. The molecular weight excluding hydrogens is 510 g/mol. The van der Waals surface area contributed by atoms with Crippen molar-refractivity contribution in [1.29, 1.82) is 0 Å². The van der Waals surface area contributed by atoms with Crippen molar-refractivity contribution in [2.24, 2.45) is 5.92 Å². The molecule has 1 aliphatic rings. The number of nitro groups is 1. The van der Waals surface area contributed by atoms with Crippen LogP contribution in [0.15, 0.2) is 12.3 Å². The number of nitrogens with one attached hydrogen (secondary N) is 1. The number of imide groups is 1. The van der Waals surface area contributed by atoms with Gasteiger partial charge in [0.1, 0.15) is 28.7 Å². The first kappa shape index (κ1) is 31.6. The Morgan fingerprint density at radius 2 is 1.49 bits per heavy atom. The molecule has 39 heavy (non-hydrogen) atoms. The van der Waals surface area contributed by atoms with Crippen LogP contribution in [0.4, 0.5) is 31.6 Å². The first-order valence-electron chi connectivity index (χ1n) is 12.8. The lowest BCUT2D eigenvalue weighted by molar-refractivity contribution is -0.384. The van der Waals surface area contributed by atoms with Crippen molar-refractivity contribution in [2.75, 3.05) is 22.9 Å². The van der Waals surface area contributed by atoms with Gasteiger partial charge in [-0.2, -0.15) is 4.90 Å². The average molecular weight is 552 g/mol. The molecule has 2 rings (SSSR count). The molecule has 1 N–H and O–H groups in total. The molecule has 0 radical (unpaired) electrons. The van der Waals surface area contributed by atoms with Crippen LogP contribution in [0.2, 0.25) is 0 Å². The Labute approximate surface area is 229 Å². The predicted octanol–water partition coefficient (Wildman–Crippen LogP) is 5.41. The minimum Gasteiger partial charge on any atom is -0.444 e. The molecule has 13 nitrogen and oxygen atoms in total. The second kappa shape index (κ2) is 11.6. The molecule has 3 amide bonds. The van der Waals surface area contributed by atoms with Gasteiger partial charge in [0, 0.05) is 25.2 Å². The van der Waals surface area contributed by atoms with Gasteiger partial charge < -0.3 is 24.4 Å². The largest absolute Gasteiger partial charge is 0.444 e. The molecule has 218 valence electrons. The minimum absolute atomic E-state index is 0.0442. The molecule has 2 heterocycles. The van der Waals surface area contributed by atoms with Gasteiger partial charge in [-0.3, -0.25) is 10.1 Å². The summed E-state index contributed by atoms with van der Waals surface area (Å²) in [5.74, 6) is -0.156. The quantitative estimate of drug-likeness (QED) is 0.292. The maximum Gasteiger partial charge on any atom is 0.425 e. The molecular formula is C26H41N5O8. The monoisotopic (exact) mass is 551 g/mol. The van der Waals surface area contributed by atoms with E-state index < -0.39 is 40.0 Å². The number of piperidine rings is 1. The van der Waals surface area contributed by atoms with E-state index in [4.69, 9.17) is 14.2 Å². The molecule has 1 aromatic heterocycles. The Kier molecular flexibility index (Phi) is 9.41. The average Bonchev–Trinajstić information content (AvgIpc) is 2.69. The van der Waals surface area contributed by atoms with Crippen LogP contribution >= 0.6 is 0 Å². The highest BCUT2D eigenvalue weighted by Crippen LogP contribution is 2.35. The molecule has 13 heteroatoms. The van der Waals surface area contributed by atoms with Crippen molar-refractivity contribution in [3.63, 3.8) is 0 Å². The third kappa shape index (κ3) is 9.88. The highest BCUT2D eigenvalue weighted by atomic mass is 16.6. The van der Waals surface area contributed by atoms with Crippen molar-refractivity contribution < 1.29 is 33.5 Å². The summed E-state index contributed by atoms with van der Waals surface area (Å²) in [4.78, 5) is 56.3. The molecule has 0 bridgehead atoms. The van der Waals surface area contributed by atoms with E-state index in [2.05, 4.69) is 10.3 Å². The molecule has 0 aromatic carbocycles. The summed E-state index contributed by atoms with van der Waals surface area (Å²) >= 11 is 0. The number of anilines is 2. The maximum absolute atomic E-state index is 13.1. The van der Waals surface area contributed by atoms with Crippen molar-refractivity contribution in [2.45, 2.75) is 98.5 Å². The molecule has 0 unspecified atom stereocenters. The summed E-state index contributed by atoms with van der Waals surface area (Å²) in [6.07, 6.45) is -1.06. The van der Waals surface area contributed by atoms with Gasteiger partial charge in [0.05, 0.1) is 4.92 Å². The third-order valence-electron chi connectivity index (χ3n) is 5.15. The number of hydrogen-bond acceptors (Lipinski definition) is 10. The molecule has 0 aliphatic carbocycles. The van der Waals surface area contributed by atoms with Gasteiger partial charge in [-0.1, -0.05) is 6.92 Å². The van der Waals surface area contributed by atoms with Crippen molar-refractivity contribution in [1.82, 2.24) is 10.3 Å². The number of carbonyl (C=O) groups is 3. The first-order chi connectivity index (χ1) is 17.6. The van der Waals surface area contributed by atoms with Crippen molar-refractivity contribution in [3.8, 4) is 0 Å². The summed E-state index contributed by atoms with van der Waals surface area (Å²) in [5.41, 5.74) is -2.76. The van der Waals surface area contributed by atoms with Crippen molar-refractivity contribution in [3.05, 3.63) is 22.4 Å². The van der Waals surface area contributed by atoms with E-state index in [1.165, 1.54) is 6.07 Å². The number of alkyl carbamates (subject to hydrolysis) is 1. The number of hydrogen-bond donors (Lipinski definition) is 1. The summed E-state index contributed by atoms with van der Waals surface area (Å²) in [6.45, 7) is 17.7. The van der Waals surface area contributed by atoms with Crippen LogP contribution in [0.3, 0.4) is 0 Å². The predicted molar refractivity (Wildman–Crippen MR) is 145 cm³/mol. The molecule has 0 saturated carbocycles. The normalized spacial score (nSPS) is 18.2. The zero-order valence-corrected chi connectivity index (χ0v) is 24.5. The van der Waals surface area contributed by atoms with Crippen LogP contribution in [0, 0.1) is 16.0 Å². The Morgan fingerprint density at radius 1 is 0.974 bits per heavy atom. The second-order valence-electron chi connectivity index (χ2n) is 12.7. The van der Waals surface area contributed by atoms with E-state index in [0.717, 1.165) is 6.20 Å². The topological polar surface area (TPSA) is 153 Å². The highest BCUT2D eigenvalue weighted by molar-refractivity contribution is 6.09. The maximum atomic E-state index is 13.1. The fourth-order valence-electron chi connectivity index (χ4n) is 3.95. The Hall–Kier alpha value is -3.64. The zero-order chi connectivity index (χ0) is 29.9. The van der Waals surface area contributed by atoms with Crippen LogP contribution in [-0.4, -0.2) is 64.1 Å². The van der Waals surface area contributed by atoms with Gasteiger partial charge in [-0.05, 0) is 74.7 Å². The number of ether oxygens (including phenoxy) is 3. The minimum atomic E-state index is -1.04. The summed E-state index contributed by atoms with van der Waals surface area (Å²) in [5, 5.41) is 14.8. The first-order valence-corrected chi connectivity index (χ1v) is 12.8. The van der Waals surface area contributed by atoms with Gasteiger partial charge in [0.15, 0.2) is 5.82 Å². The molecule has 0 spiro atoms. The molecule has 1 aromatic rings. The van der Waals surface area contributed by atoms with E-state index in [9.17, 15) is 24.5 Å². The fourth-order valence-corrected chi connectivity index (χ4v) is 3.95. The fraction of sp³-hybridized carbons (Fsp3) is 0.692. The van der Waals surface area contributed by atoms with Crippen molar-refractivity contribution >= 4 is 35.5 Å². The van der Waals surface area contributed by atoms with Gasteiger partial charge >= 0.3 is 24.0 Å². The SMILES string of the molecule is C[C@@H]1C[C@H](NC(=O)OC(C)(C)C)CN(c2cc(N(C(=O)OC(C)(C)C)C(=O)OC(C)(C)C)ncc2[N+](=O)[O-])C1. The van der Waals surface area contributed by atoms with E-state index in [1.807, 2.05) is 6.92 Å². The number of pyridine rings is 1. The number of amides is 3. The van der Waals surface area contributed by atoms with Gasteiger partial charge in [0.25, 0.3) is 0 Å². The van der Waals surface area contributed by atoms with Crippen LogP contribution in [0.25, 0.3) is 0 Å². The van der Waals surface area contributed by atoms with E-state index in [-0.39, 0.29) is 35.7 Å². The Balaban J connectivity index is 2.50. The molecule has 1 aliphatic heterocycles. The number of aromatic nitrogens is 1. The third-order valence-corrected chi connectivity index (χ3v) is 5.15. The zero-order valence-electron chi connectivity index (χ0n) is 24.5. The van der Waals surface area contributed by atoms with E-state index in [0.29, 0.717) is 17.9 Å². The van der Waals surface area contributed by atoms with Crippen LogP contribution < -0.4 is 15.1 Å². The van der Waals surface area contributed by atoms with E-state index in [1.54, 1.807) is 67.2 Å². The van der Waals surface area contributed by atoms with Gasteiger partial charge in [0.2, 0.25) is 0 Å². The lowest BCUT2D eigenvalue weighted by atomic mass is 9.95. The Bertz CT molecular complexity index is 1060. The smallest absolute Gasteiger partial charge is 0.425 e. The molecule has 1 saturated heterocycles. The van der Waals surface area contributed by atoms with E-state index >= 15 is 0 Å². The van der Waals surface area contributed by atoms with Crippen LogP contribution in [0.1, 0.15) is 75.7 Å². The standard InChI is InChI=1S/C26H41N5O8/c1-16-11-17(28-21(32)37-24(2,3)4)15-29(14-16)18-12-20(27-13-19(18)31(35)36)30(22(33)38-25(5,6)7)23(34)39-26(8,9)10/h12-13,16-17H,11,14-15H2,1-10H3,(H,28,32)/t16-,17+/m1/s1. The molecule has 2 atom stereocenters. The number of rotatable bonds is 4. The Morgan fingerprint density at radius 3 is 1.95 bits per heavy atom. The van der Waals surface area contributed by atoms with Gasteiger partial charge in [-0.25, -0.2) is 19.4 Å². The molecule has 1 fully saturated rings.